The zero-order valence-corrected chi connectivity index (χ0v) is 13.4. The quantitative estimate of drug-likeness (QED) is 0.905. The average Bonchev–Trinajstić information content (AvgIpc) is 2.54. The molecule has 0 aromatic heterocycles. The molecule has 1 fully saturated rings. The van der Waals surface area contributed by atoms with Crippen LogP contribution in [-0.2, 0) is 0 Å². The van der Waals surface area contributed by atoms with Crippen LogP contribution in [0.25, 0.3) is 0 Å². The lowest BCUT2D eigenvalue weighted by atomic mass is 10.1. The number of benzene rings is 1. The molecule has 21 heavy (non-hydrogen) atoms. The number of hydrogen-bond acceptors (Lipinski definition) is 3. The summed E-state index contributed by atoms with van der Waals surface area (Å²) in [6.07, 6.45) is 1.17. The van der Waals surface area contributed by atoms with E-state index in [0.29, 0.717) is 6.04 Å². The van der Waals surface area contributed by atoms with E-state index in [1.54, 1.807) is 0 Å². The summed E-state index contributed by atoms with van der Waals surface area (Å²) >= 11 is 0. The molecule has 1 aromatic rings. The van der Waals surface area contributed by atoms with E-state index in [0.717, 1.165) is 44.0 Å². The van der Waals surface area contributed by atoms with Crippen LogP contribution in [-0.4, -0.2) is 54.5 Å². The van der Waals surface area contributed by atoms with Crippen LogP contribution >= 0.6 is 0 Å². The summed E-state index contributed by atoms with van der Waals surface area (Å²) < 4.78 is 0. The molecule has 1 aromatic carbocycles. The zero-order valence-electron chi connectivity index (χ0n) is 13.4. The lowest BCUT2D eigenvalue weighted by molar-refractivity contribution is 0.0579. The first-order valence-electron chi connectivity index (χ1n) is 8.03. The van der Waals surface area contributed by atoms with Gasteiger partial charge in [0.2, 0.25) is 0 Å². The predicted molar refractivity (Wildman–Crippen MR) is 87.8 cm³/mol. The maximum Gasteiger partial charge on any atom is 0.253 e. The lowest BCUT2D eigenvalue weighted by Crippen LogP contribution is -2.51. The number of nitrogens with one attached hydrogen (secondary N) is 1. The molecule has 1 amide bonds. The van der Waals surface area contributed by atoms with Gasteiger partial charge >= 0.3 is 0 Å². The van der Waals surface area contributed by atoms with E-state index in [1.807, 2.05) is 29.2 Å². The van der Waals surface area contributed by atoms with Gasteiger partial charge in [-0.15, -0.1) is 0 Å². The van der Waals surface area contributed by atoms with Crippen molar-refractivity contribution < 1.29 is 4.79 Å². The van der Waals surface area contributed by atoms with Crippen molar-refractivity contribution in [3.63, 3.8) is 0 Å². The van der Waals surface area contributed by atoms with Crippen LogP contribution < -0.4 is 5.32 Å². The van der Waals surface area contributed by atoms with E-state index in [4.69, 9.17) is 0 Å². The minimum absolute atomic E-state index is 0.154. The highest BCUT2D eigenvalue weighted by Gasteiger charge is 2.23. The summed E-state index contributed by atoms with van der Waals surface area (Å²) in [5.74, 6) is 0.154. The molecule has 1 saturated heterocycles. The molecule has 0 bridgehead atoms. The summed E-state index contributed by atoms with van der Waals surface area (Å²) in [5.41, 5.74) is 1.85. The maximum absolute atomic E-state index is 12.5. The van der Waals surface area contributed by atoms with Crippen LogP contribution in [0.1, 0.15) is 37.6 Å². The summed E-state index contributed by atoms with van der Waals surface area (Å²) in [4.78, 5) is 16.9. The number of amides is 1. The van der Waals surface area contributed by atoms with Crippen molar-refractivity contribution in [1.82, 2.24) is 9.80 Å². The number of rotatable bonds is 5. The van der Waals surface area contributed by atoms with Gasteiger partial charge in [0, 0.05) is 50.0 Å². The van der Waals surface area contributed by atoms with E-state index in [-0.39, 0.29) is 5.91 Å². The second-order valence-electron chi connectivity index (χ2n) is 5.69. The Kier molecular flexibility index (Phi) is 5.62. The van der Waals surface area contributed by atoms with Crippen molar-refractivity contribution >= 4 is 11.6 Å². The first-order valence-corrected chi connectivity index (χ1v) is 8.03. The predicted octanol–water partition coefficient (Wildman–Crippen LogP) is 2.67. The van der Waals surface area contributed by atoms with Gasteiger partial charge in [-0.1, -0.05) is 6.92 Å². The Morgan fingerprint density at radius 2 is 1.76 bits per heavy atom. The fourth-order valence-corrected chi connectivity index (χ4v) is 2.74. The van der Waals surface area contributed by atoms with Crippen molar-refractivity contribution in [2.24, 2.45) is 0 Å². The molecule has 0 spiro atoms. The third kappa shape index (κ3) is 3.97. The number of anilines is 1. The van der Waals surface area contributed by atoms with Crippen LogP contribution in [0.15, 0.2) is 24.3 Å². The van der Waals surface area contributed by atoms with Gasteiger partial charge in [0.05, 0.1) is 0 Å². The third-order valence-corrected chi connectivity index (χ3v) is 4.33. The lowest BCUT2D eigenvalue weighted by Gasteiger charge is -2.37. The van der Waals surface area contributed by atoms with Gasteiger partial charge in [-0.3, -0.25) is 9.69 Å². The highest BCUT2D eigenvalue weighted by atomic mass is 16.2. The molecule has 1 heterocycles. The van der Waals surface area contributed by atoms with E-state index in [1.165, 1.54) is 6.42 Å². The van der Waals surface area contributed by atoms with Gasteiger partial charge in [-0.2, -0.15) is 0 Å². The second-order valence-corrected chi connectivity index (χ2v) is 5.69. The minimum Gasteiger partial charge on any atom is -0.385 e. The normalized spacial score (nSPS) is 17.6. The number of carbonyl (C=O) groups excluding carboxylic acids is 1. The molecule has 0 radical (unpaired) electrons. The topological polar surface area (TPSA) is 35.6 Å². The van der Waals surface area contributed by atoms with Gasteiger partial charge in [0.15, 0.2) is 0 Å². The molecule has 1 atom stereocenters. The monoisotopic (exact) mass is 289 g/mol. The number of carbonyl (C=O) groups is 1. The fraction of sp³-hybridized carbons (Fsp3) is 0.588. The molecule has 4 nitrogen and oxygen atoms in total. The summed E-state index contributed by atoms with van der Waals surface area (Å²) in [5, 5.41) is 3.25. The molecule has 1 unspecified atom stereocenters. The average molecular weight is 289 g/mol. The Labute approximate surface area is 128 Å². The molecular formula is C17H27N3O. The van der Waals surface area contributed by atoms with E-state index < -0.39 is 0 Å². The molecule has 0 aliphatic carbocycles. The third-order valence-electron chi connectivity index (χ3n) is 4.33. The first kappa shape index (κ1) is 15.8. The van der Waals surface area contributed by atoms with E-state index in [2.05, 4.69) is 31.0 Å². The summed E-state index contributed by atoms with van der Waals surface area (Å²) in [7, 11) is 0. The van der Waals surface area contributed by atoms with Crippen molar-refractivity contribution in [3.05, 3.63) is 29.8 Å². The highest BCUT2D eigenvalue weighted by Crippen LogP contribution is 2.14. The van der Waals surface area contributed by atoms with Gasteiger partial charge in [-0.25, -0.2) is 0 Å². The smallest absolute Gasteiger partial charge is 0.253 e. The second kappa shape index (κ2) is 7.46. The standard InChI is InChI=1S/C17H27N3O/c1-4-14(3)19-10-12-20(13-11-19)17(21)15-6-8-16(9-7-15)18-5-2/h6-9,14,18H,4-5,10-13H2,1-3H3. The number of hydrogen-bond donors (Lipinski definition) is 1. The van der Waals surface area contributed by atoms with Crippen LogP contribution in [0.4, 0.5) is 5.69 Å². The Morgan fingerprint density at radius 3 is 2.29 bits per heavy atom. The number of piperazine rings is 1. The van der Waals surface area contributed by atoms with Gasteiger partial charge in [0.25, 0.3) is 5.91 Å². The Bertz CT molecular complexity index is 450. The van der Waals surface area contributed by atoms with Crippen LogP contribution in [0.5, 0.6) is 0 Å². The Balaban J connectivity index is 1.92. The maximum atomic E-state index is 12.5. The van der Waals surface area contributed by atoms with Crippen LogP contribution in [0.3, 0.4) is 0 Å². The minimum atomic E-state index is 0.154. The highest BCUT2D eigenvalue weighted by molar-refractivity contribution is 5.94. The fourth-order valence-electron chi connectivity index (χ4n) is 2.74. The molecule has 116 valence electrons. The summed E-state index contributed by atoms with van der Waals surface area (Å²) in [6.45, 7) is 11.1. The van der Waals surface area contributed by atoms with Gasteiger partial charge in [-0.05, 0) is 44.5 Å². The van der Waals surface area contributed by atoms with Gasteiger partial charge < -0.3 is 10.2 Å². The van der Waals surface area contributed by atoms with Crippen molar-refractivity contribution in [2.75, 3.05) is 38.0 Å². The molecule has 1 N–H and O–H groups in total. The Morgan fingerprint density at radius 1 is 1.14 bits per heavy atom. The molecule has 1 aliphatic heterocycles. The molecule has 4 heteroatoms. The van der Waals surface area contributed by atoms with E-state index >= 15 is 0 Å². The SMILES string of the molecule is CCNc1ccc(C(=O)N2CCN(C(C)CC)CC2)cc1. The van der Waals surface area contributed by atoms with Crippen molar-refractivity contribution in [1.29, 1.82) is 0 Å². The molecule has 0 saturated carbocycles. The largest absolute Gasteiger partial charge is 0.385 e. The van der Waals surface area contributed by atoms with Crippen LogP contribution in [0, 0.1) is 0 Å². The summed E-state index contributed by atoms with van der Waals surface area (Å²) in [6, 6.07) is 8.41. The molecule has 2 rings (SSSR count). The van der Waals surface area contributed by atoms with Gasteiger partial charge in [0.1, 0.15) is 0 Å². The zero-order chi connectivity index (χ0) is 15.2. The van der Waals surface area contributed by atoms with Crippen molar-refractivity contribution in [3.8, 4) is 0 Å². The van der Waals surface area contributed by atoms with Crippen LogP contribution in [0.2, 0.25) is 0 Å². The van der Waals surface area contributed by atoms with Crippen molar-refractivity contribution in [2.45, 2.75) is 33.2 Å². The molecule has 1 aliphatic rings. The first-order chi connectivity index (χ1) is 10.2. The molecular weight excluding hydrogens is 262 g/mol. The number of nitrogens with zero attached hydrogens (tertiary/aromatic N) is 2. The van der Waals surface area contributed by atoms with E-state index in [9.17, 15) is 4.79 Å². The Hall–Kier alpha value is -1.55.